The fourth-order valence-electron chi connectivity index (χ4n) is 3.17. The second-order valence-corrected chi connectivity index (χ2v) is 5.45. The van der Waals surface area contributed by atoms with E-state index >= 15 is 0 Å². The van der Waals surface area contributed by atoms with Gasteiger partial charge in [-0.25, -0.2) is 0 Å². The van der Waals surface area contributed by atoms with E-state index in [4.69, 9.17) is 0 Å². The number of carbonyl (C=O) groups is 1. The maximum atomic E-state index is 12.5. The fraction of sp³-hybridized carbons (Fsp3) is 0.929. The van der Waals surface area contributed by atoms with E-state index in [0.29, 0.717) is 11.9 Å². The van der Waals surface area contributed by atoms with Gasteiger partial charge in [0.1, 0.15) is 0 Å². The van der Waals surface area contributed by atoms with Crippen LogP contribution in [0.4, 0.5) is 0 Å². The smallest absolute Gasteiger partial charge is 0.239 e. The summed E-state index contributed by atoms with van der Waals surface area (Å²) in [6.07, 6.45) is 9.57. The molecule has 0 spiro atoms. The monoisotopic (exact) mass is 238 g/mol. The molecule has 3 nitrogen and oxygen atoms in total. The Labute approximate surface area is 105 Å². The molecule has 0 aromatic carbocycles. The van der Waals surface area contributed by atoms with Gasteiger partial charge in [-0.3, -0.25) is 4.79 Å². The van der Waals surface area contributed by atoms with E-state index in [1.807, 2.05) is 0 Å². The minimum Gasteiger partial charge on any atom is -0.338 e. The number of hydrogen-bond donors (Lipinski definition) is 1. The maximum absolute atomic E-state index is 12.5. The Morgan fingerprint density at radius 2 is 2.00 bits per heavy atom. The first-order valence-electron chi connectivity index (χ1n) is 7.36. The van der Waals surface area contributed by atoms with Crippen molar-refractivity contribution >= 4 is 5.91 Å². The molecule has 0 aliphatic carbocycles. The van der Waals surface area contributed by atoms with Gasteiger partial charge in [0.2, 0.25) is 5.91 Å². The van der Waals surface area contributed by atoms with Crippen LogP contribution >= 0.6 is 0 Å². The molecule has 0 radical (unpaired) electrons. The number of hydrogen-bond acceptors (Lipinski definition) is 2. The lowest BCUT2D eigenvalue weighted by atomic mass is 10.0. The van der Waals surface area contributed by atoms with Crippen molar-refractivity contribution < 1.29 is 4.79 Å². The summed E-state index contributed by atoms with van der Waals surface area (Å²) >= 11 is 0. The summed E-state index contributed by atoms with van der Waals surface area (Å²) in [5, 5.41) is 3.45. The lowest BCUT2D eigenvalue weighted by Gasteiger charge is -2.29. The number of amides is 1. The summed E-state index contributed by atoms with van der Waals surface area (Å²) in [4.78, 5) is 14.6. The summed E-state index contributed by atoms with van der Waals surface area (Å²) in [5.74, 6) is 0.372. The van der Waals surface area contributed by atoms with Crippen molar-refractivity contribution in [2.45, 2.75) is 70.4 Å². The Morgan fingerprint density at radius 1 is 1.18 bits per heavy atom. The lowest BCUT2D eigenvalue weighted by molar-refractivity contribution is -0.134. The molecule has 1 N–H and O–H groups in total. The molecule has 2 unspecified atom stereocenters. The normalized spacial score (nSPS) is 31.0. The van der Waals surface area contributed by atoms with Gasteiger partial charge in [-0.2, -0.15) is 0 Å². The van der Waals surface area contributed by atoms with Crippen LogP contribution in [0.5, 0.6) is 0 Å². The SMILES string of the molecule is CCC1CCCN1C(=O)C1CCCCCCN1. The van der Waals surface area contributed by atoms with Crippen LogP contribution in [0.1, 0.15) is 58.3 Å². The van der Waals surface area contributed by atoms with Crippen LogP contribution in [0.2, 0.25) is 0 Å². The predicted octanol–water partition coefficient (Wildman–Crippen LogP) is 2.31. The molecule has 98 valence electrons. The highest BCUT2D eigenvalue weighted by Gasteiger charge is 2.31. The molecule has 1 amide bonds. The summed E-state index contributed by atoms with van der Waals surface area (Å²) in [7, 11) is 0. The second-order valence-electron chi connectivity index (χ2n) is 5.45. The van der Waals surface area contributed by atoms with Crippen molar-refractivity contribution in [3.8, 4) is 0 Å². The summed E-state index contributed by atoms with van der Waals surface area (Å²) in [6, 6.07) is 0.609. The molecular formula is C14H26N2O. The number of rotatable bonds is 2. The molecule has 2 heterocycles. The van der Waals surface area contributed by atoms with Gasteiger partial charge in [0.05, 0.1) is 6.04 Å². The van der Waals surface area contributed by atoms with Crippen molar-refractivity contribution in [1.82, 2.24) is 10.2 Å². The summed E-state index contributed by atoms with van der Waals surface area (Å²) in [5.41, 5.74) is 0. The molecule has 0 aromatic heterocycles. The van der Waals surface area contributed by atoms with Crippen molar-refractivity contribution in [3.05, 3.63) is 0 Å². The average Bonchev–Trinajstić information content (AvgIpc) is 2.75. The molecular weight excluding hydrogens is 212 g/mol. The maximum Gasteiger partial charge on any atom is 0.239 e. The van der Waals surface area contributed by atoms with E-state index in [0.717, 1.165) is 25.9 Å². The van der Waals surface area contributed by atoms with Gasteiger partial charge in [0, 0.05) is 12.6 Å². The minimum atomic E-state index is 0.0995. The van der Waals surface area contributed by atoms with Crippen LogP contribution in [0, 0.1) is 0 Å². The number of nitrogens with zero attached hydrogens (tertiary/aromatic N) is 1. The zero-order valence-corrected chi connectivity index (χ0v) is 11.1. The third-order valence-corrected chi connectivity index (χ3v) is 4.24. The van der Waals surface area contributed by atoms with E-state index in [-0.39, 0.29) is 6.04 Å². The summed E-state index contributed by atoms with van der Waals surface area (Å²) < 4.78 is 0. The van der Waals surface area contributed by atoms with E-state index in [1.165, 1.54) is 38.5 Å². The quantitative estimate of drug-likeness (QED) is 0.800. The molecule has 2 aliphatic heterocycles. The highest BCUT2D eigenvalue weighted by Crippen LogP contribution is 2.22. The topological polar surface area (TPSA) is 32.3 Å². The van der Waals surface area contributed by atoms with Crippen LogP contribution in [-0.4, -0.2) is 36.0 Å². The molecule has 2 aliphatic rings. The highest BCUT2D eigenvalue weighted by atomic mass is 16.2. The van der Waals surface area contributed by atoms with Crippen molar-refractivity contribution in [2.75, 3.05) is 13.1 Å². The van der Waals surface area contributed by atoms with Gasteiger partial charge in [-0.05, 0) is 38.6 Å². The Bertz CT molecular complexity index is 247. The molecule has 17 heavy (non-hydrogen) atoms. The van der Waals surface area contributed by atoms with Gasteiger partial charge in [0.15, 0.2) is 0 Å². The number of likely N-dealkylation sites (tertiary alicyclic amines) is 1. The van der Waals surface area contributed by atoms with Crippen LogP contribution < -0.4 is 5.32 Å². The largest absolute Gasteiger partial charge is 0.338 e. The Hall–Kier alpha value is -0.570. The Morgan fingerprint density at radius 3 is 2.82 bits per heavy atom. The second kappa shape index (κ2) is 6.39. The summed E-state index contributed by atoms with van der Waals surface area (Å²) in [6.45, 7) is 4.19. The molecule has 0 saturated carbocycles. The van der Waals surface area contributed by atoms with Gasteiger partial charge in [-0.1, -0.05) is 26.2 Å². The minimum absolute atomic E-state index is 0.0995. The Kier molecular flexibility index (Phi) is 4.84. The first kappa shape index (κ1) is 12.9. The van der Waals surface area contributed by atoms with E-state index < -0.39 is 0 Å². The van der Waals surface area contributed by atoms with E-state index in [9.17, 15) is 4.79 Å². The molecule has 2 atom stereocenters. The predicted molar refractivity (Wildman–Crippen MR) is 69.9 cm³/mol. The molecule has 2 rings (SSSR count). The average molecular weight is 238 g/mol. The van der Waals surface area contributed by atoms with Gasteiger partial charge in [-0.15, -0.1) is 0 Å². The van der Waals surface area contributed by atoms with Gasteiger partial charge < -0.3 is 10.2 Å². The molecule has 2 saturated heterocycles. The van der Waals surface area contributed by atoms with Crippen LogP contribution in [0.25, 0.3) is 0 Å². The number of nitrogens with one attached hydrogen (secondary N) is 1. The standard InChI is InChI=1S/C14H26N2O/c1-2-12-8-7-11-16(12)14(17)13-9-5-3-4-6-10-15-13/h12-13,15H,2-11H2,1H3. The van der Waals surface area contributed by atoms with E-state index in [1.54, 1.807) is 0 Å². The zero-order chi connectivity index (χ0) is 12.1. The van der Waals surface area contributed by atoms with Crippen LogP contribution in [0.15, 0.2) is 0 Å². The first-order valence-corrected chi connectivity index (χ1v) is 7.36. The first-order chi connectivity index (χ1) is 8.33. The third-order valence-electron chi connectivity index (χ3n) is 4.24. The number of carbonyl (C=O) groups excluding carboxylic acids is 1. The molecule has 3 heteroatoms. The van der Waals surface area contributed by atoms with Crippen molar-refractivity contribution in [1.29, 1.82) is 0 Å². The van der Waals surface area contributed by atoms with Crippen LogP contribution in [0.3, 0.4) is 0 Å². The zero-order valence-electron chi connectivity index (χ0n) is 11.1. The molecule has 0 bridgehead atoms. The fourth-order valence-corrected chi connectivity index (χ4v) is 3.17. The third kappa shape index (κ3) is 3.21. The van der Waals surface area contributed by atoms with E-state index in [2.05, 4.69) is 17.1 Å². The molecule has 0 aromatic rings. The Balaban J connectivity index is 1.92. The molecule has 2 fully saturated rings. The van der Waals surface area contributed by atoms with Crippen molar-refractivity contribution in [2.24, 2.45) is 0 Å². The van der Waals surface area contributed by atoms with Gasteiger partial charge >= 0.3 is 0 Å². The highest BCUT2D eigenvalue weighted by molar-refractivity contribution is 5.82. The van der Waals surface area contributed by atoms with Crippen molar-refractivity contribution in [3.63, 3.8) is 0 Å². The van der Waals surface area contributed by atoms with Crippen LogP contribution in [-0.2, 0) is 4.79 Å². The van der Waals surface area contributed by atoms with Gasteiger partial charge in [0.25, 0.3) is 0 Å². The lowest BCUT2D eigenvalue weighted by Crippen LogP contribution is -2.48.